The average molecular weight is 888 g/mol. The molecule has 1 saturated heterocycles. The molecule has 1 fully saturated rings. The minimum atomic E-state index is -1.34. The molecule has 8 amide bonds. The number of likely N-dealkylation sites (N-methyl/N-ethyl adjacent to an activating group) is 1. The molecule has 348 valence electrons. The number of hydrogen-bond acceptors (Lipinski definition) is 13. The number of carboxylic acid groups (broad SMARTS) is 1. The summed E-state index contributed by atoms with van der Waals surface area (Å²) in [7, 11) is 1.38. The molecule has 0 aromatic heterocycles. The molecule has 5 atom stereocenters. The predicted octanol–water partition coefficient (Wildman–Crippen LogP) is 1.21. The topological polar surface area (TPSA) is 302 Å². The van der Waals surface area contributed by atoms with Crippen molar-refractivity contribution in [3.8, 4) is 5.75 Å². The van der Waals surface area contributed by atoms with Gasteiger partial charge in [-0.1, -0.05) is 33.3 Å². The summed E-state index contributed by atoms with van der Waals surface area (Å²) in [6.45, 7) is 5.34. The van der Waals surface area contributed by atoms with Gasteiger partial charge in [0.1, 0.15) is 24.4 Å². The van der Waals surface area contributed by atoms with Crippen LogP contribution in [0.4, 0.5) is 10.5 Å². The van der Waals surface area contributed by atoms with Crippen LogP contribution in [0.1, 0.15) is 97.0 Å². The Hall–Kier alpha value is -6.09. The van der Waals surface area contributed by atoms with Crippen LogP contribution in [0.15, 0.2) is 30.4 Å². The number of hydrogen-bond donors (Lipinski definition) is 7. The van der Waals surface area contributed by atoms with Crippen molar-refractivity contribution in [3.63, 3.8) is 0 Å². The number of aliphatic hydroxyl groups excluding tert-OH is 1. The van der Waals surface area contributed by atoms with Crippen LogP contribution in [0.2, 0.25) is 0 Å². The van der Waals surface area contributed by atoms with Crippen LogP contribution in [0.3, 0.4) is 0 Å². The first-order valence-electron chi connectivity index (χ1n) is 21.1. The molecule has 2 heterocycles. The van der Waals surface area contributed by atoms with Gasteiger partial charge in [-0.05, 0) is 55.7 Å². The number of primary amides is 1. The molecule has 21 heteroatoms. The van der Waals surface area contributed by atoms with Gasteiger partial charge in [0.25, 0.3) is 11.8 Å². The maximum Gasteiger partial charge on any atom is 0.410 e. The maximum atomic E-state index is 13.4. The van der Waals surface area contributed by atoms with Crippen LogP contribution < -0.4 is 31.7 Å². The van der Waals surface area contributed by atoms with Crippen LogP contribution >= 0.6 is 0 Å². The standard InChI is InChI=1S/C42H61N7O14/c1-5-32(51)44-18-9-8-11-28(46-33(52)12-7-6-10-20-49-35(54)15-16-36(49)55)40(57)45-19-17-34(53)47-29-21-26(24-61-42(60)48(4)38(25(2)3)39(43)56)13-14-30(29)62-37-23-27(50)22-31(63-37)41(58)59/h13-16,21,25,27-28,31,37-38,50H,5-12,17-20,22-24H2,1-4H3,(H2,43,56)(H,44,51)(H,45,57)(H,46,52)(H,47,53)(H,58,59)/t27-,28-,31-,37+,38-/m0/s1. The SMILES string of the molecule is CCC(=O)NCCCC[C@H](NC(=O)CCCCCN1C(=O)C=CC1=O)C(=O)NCCC(=O)Nc1cc(COC(=O)N(C)[C@H](C(N)=O)C(C)C)ccc1O[C@H]1C[C@@H](O)C[C@@H](C(=O)O)O1. The Morgan fingerprint density at radius 2 is 1.63 bits per heavy atom. The number of imide groups is 1. The number of unbranched alkanes of at least 4 members (excludes halogenated alkanes) is 3. The summed E-state index contributed by atoms with van der Waals surface area (Å²) in [5.74, 6) is -4.66. The molecule has 1 aromatic carbocycles. The summed E-state index contributed by atoms with van der Waals surface area (Å²) in [6, 6.07) is 2.50. The van der Waals surface area contributed by atoms with E-state index in [1.165, 1.54) is 37.4 Å². The molecule has 0 spiro atoms. The zero-order valence-electron chi connectivity index (χ0n) is 36.2. The Kier molecular flexibility index (Phi) is 21.0. The first-order valence-corrected chi connectivity index (χ1v) is 21.1. The molecular weight excluding hydrogens is 826 g/mol. The first kappa shape index (κ1) is 51.3. The molecule has 0 unspecified atom stereocenters. The van der Waals surface area contributed by atoms with Crippen molar-refractivity contribution in [3.05, 3.63) is 35.9 Å². The van der Waals surface area contributed by atoms with Crippen molar-refractivity contribution in [1.29, 1.82) is 0 Å². The highest BCUT2D eigenvalue weighted by molar-refractivity contribution is 6.12. The van der Waals surface area contributed by atoms with Crippen LogP contribution in [0.5, 0.6) is 5.75 Å². The molecule has 1 aromatic rings. The van der Waals surface area contributed by atoms with Crippen molar-refractivity contribution in [2.24, 2.45) is 11.7 Å². The van der Waals surface area contributed by atoms with E-state index in [0.717, 1.165) is 9.80 Å². The van der Waals surface area contributed by atoms with Gasteiger partial charge < -0.3 is 51.4 Å². The molecule has 0 aliphatic carbocycles. The summed E-state index contributed by atoms with van der Waals surface area (Å²) < 4.78 is 16.8. The molecule has 2 aliphatic rings. The lowest BCUT2D eigenvalue weighted by atomic mass is 10.0. The van der Waals surface area contributed by atoms with Crippen LogP contribution in [-0.4, -0.2) is 131 Å². The van der Waals surface area contributed by atoms with E-state index in [-0.39, 0.29) is 92.8 Å². The normalized spacial score (nSPS) is 18.0. The number of anilines is 1. The number of carbonyl (C=O) groups excluding carboxylic acids is 8. The number of carboxylic acids is 1. The predicted molar refractivity (Wildman–Crippen MR) is 224 cm³/mol. The number of nitrogens with zero attached hydrogens (tertiary/aromatic N) is 2. The van der Waals surface area contributed by atoms with Crippen molar-refractivity contribution in [1.82, 2.24) is 25.8 Å². The van der Waals surface area contributed by atoms with E-state index >= 15 is 0 Å². The van der Waals surface area contributed by atoms with Gasteiger partial charge >= 0.3 is 12.1 Å². The van der Waals surface area contributed by atoms with Gasteiger partial charge in [0.15, 0.2) is 6.10 Å². The second-order valence-electron chi connectivity index (χ2n) is 15.6. The van der Waals surface area contributed by atoms with Crippen molar-refractivity contribution < 1.29 is 67.6 Å². The number of amides is 8. The summed E-state index contributed by atoms with van der Waals surface area (Å²) in [4.78, 5) is 113. The molecule has 0 bridgehead atoms. The summed E-state index contributed by atoms with van der Waals surface area (Å²) >= 11 is 0. The Morgan fingerprint density at radius 1 is 0.921 bits per heavy atom. The van der Waals surface area contributed by atoms with E-state index in [4.69, 9.17) is 19.9 Å². The average Bonchev–Trinajstić information content (AvgIpc) is 3.54. The third kappa shape index (κ3) is 17.3. The number of nitrogens with one attached hydrogen (secondary N) is 4. The zero-order valence-corrected chi connectivity index (χ0v) is 36.2. The number of aliphatic carboxylic acids is 1. The number of nitrogens with two attached hydrogens (primary N) is 1. The molecule has 63 heavy (non-hydrogen) atoms. The Labute approximate surface area is 365 Å². The van der Waals surface area contributed by atoms with Gasteiger partial charge in [-0.3, -0.25) is 43.4 Å². The quantitative estimate of drug-likeness (QED) is 0.0508. The van der Waals surface area contributed by atoms with E-state index in [9.17, 15) is 53.4 Å². The number of carbonyl (C=O) groups is 9. The van der Waals surface area contributed by atoms with Gasteiger partial charge in [0.05, 0.1) is 11.8 Å². The lowest BCUT2D eigenvalue weighted by molar-refractivity contribution is -0.195. The minimum absolute atomic E-state index is 0.0318. The number of ether oxygens (including phenoxy) is 3. The van der Waals surface area contributed by atoms with E-state index in [1.54, 1.807) is 20.8 Å². The largest absolute Gasteiger partial charge is 0.479 e. The van der Waals surface area contributed by atoms with E-state index < -0.39 is 60.4 Å². The smallest absolute Gasteiger partial charge is 0.410 e. The number of aliphatic hydroxyl groups is 1. The molecule has 0 radical (unpaired) electrons. The highest BCUT2D eigenvalue weighted by atomic mass is 16.7. The van der Waals surface area contributed by atoms with Crippen LogP contribution in [0, 0.1) is 5.92 Å². The van der Waals surface area contributed by atoms with Gasteiger partial charge in [0, 0.05) is 70.9 Å². The van der Waals surface area contributed by atoms with Crippen LogP contribution in [0.25, 0.3) is 0 Å². The fraction of sp³-hybridized carbons (Fsp3) is 0.595. The Morgan fingerprint density at radius 3 is 2.29 bits per heavy atom. The van der Waals surface area contributed by atoms with Gasteiger partial charge in [-0.15, -0.1) is 0 Å². The van der Waals surface area contributed by atoms with Crippen LogP contribution in [-0.2, 0) is 54.4 Å². The van der Waals surface area contributed by atoms with Crippen molar-refractivity contribution in [2.45, 2.75) is 129 Å². The number of rotatable bonds is 26. The van der Waals surface area contributed by atoms with Gasteiger partial charge in [0.2, 0.25) is 35.8 Å². The van der Waals surface area contributed by atoms with E-state index in [1.807, 2.05) is 0 Å². The third-order valence-electron chi connectivity index (χ3n) is 10.2. The Balaban J connectivity index is 1.64. The molecule has 0 saturated carbocycles. The minimum Gasteiger partial charge on any atom is -0.479 e. The van der Waals surface area contributed by atoms with Crippen molar-refractivity contribution in [2.75, 3.05) is 32.0 Å². The monoisotopic (exact) mass is 887 g/mol. The Bertz CT molecular complexity index is 1820. The highest BCUT2D eigenvalue weighted by Crippen LogP contribution is 2.31. The first-order chi connectivity index (χ1) is 29.9. The lowest BCUT2D eigenvalue weighted by Gasteiger charge is -2.31. The van der Waals surface area contributed by atoms with E-state index in [0.29, 0.717) is 50.6 Å². The van der Waals surface area contributed by atoms with Gasteiger partial charge in [-0.2, -0.15) is 0 Å². The molecule has 3 rings (SSSR count). The third-order valence-corrected chi connectivity index (χ3v) is 10.2. The highest BCUT2D eigenvalue weighted by Gasteiger charge is 2.35. The zero-order chi connectivity index (χ0) is 46.6. The molecular formula is C42H61N7O14. The molecule has 21 nitrogen and oxygen atoms in total. The second kappa shape index (κ2) is 25.8. The maximum absolute atomic E-state index is 13.4. The fourth-order valence-electron chi connectivity index (χ4n) is 6.81. The van der Waals surface area contributed by atoms with Gasteiger partial charge in [-0.25, -0.2) is 9.59 Å². The molecule has 2 aliphatic heterocycles. The summed E-state index contributed by atoms with van der Waals surface area (Å²) in [6.07, 6.45) is 0.712. The lowest BCUT2D eigenvalue weighted by Crippen LogP contribution is -2.48. The summed E-state index contributed by atoms with van der Waals surface area (Å²) in [5.41, 5.74) is 5.92. The second-order valence-corrected chi connectivity index (χ2v) is 15.6. The number of benzene rings is 1. The molecule has 8 N–H and O–H groups in total. The summed E-state index contributed by atoms with van der Waals surface area (Å²) in [5, 5.41) is 30.6. The van der Waals surface area contributed by atoms with E-state index in [2.05, 4.69) is 21.3 Å². The van der Waals surface area contributed by atoms with Crippen molar-refractivity contribution >= 4 is 59.1 Å². The fourth-order valence-corrected chi connectivity index (χ4v) is 6.81.